The molecule has 0 aromatic carbocycles. The van der Waals surface area contributed by atoms with Crippen molar-refractivity contribution >= 4 is 5.91 Å². The predicted octanol–water partition coefficient (Wildman–Crippen LogP) is 1.23. The van der Waals surface area contributed by atoms with Crippen molar-refractivity contribution in [1.82, 2.24) is 20.0 Å². The Morgan fingerprint density at radius 3 is 2.74 bits per heavy atom. The molecule has 5 heteroatoms. The van der Waals surface area contributed by atoms with E-state index in [1.807, 2.05) is 30.5 Å². The third-order valence-corrected chi connectivity index (χ3v) is 3.86. The first-order chi connectivity index (χ1) is 9.04. The van der Waals surface area contributed by atoms with Crippen LogP contribution in [0.3, 0.4) is 0 Å². The van der Waals surface area contributed by atoms with Crippen LogP contribution in [-0.2, 0) is 17.9 Å². The van der Waals surface area contributed by atoms with Crippen LogP contribution < -0.4 is 5.32 Å². The second-order valence-corrected chi connectivity index (χ2v) is 5.32. The number of aromatic nitrogens is 2. The minimum atomic E-state index is 0.156. The summed E-state index contributed by atoms with van der Waals surface area (Å²) in [6.45, 7) is 8.24. The summed E-state index contributed by atoms with van der Waals surface area (Å²) in [5, 5.41) is 7.81. The van der Waals surface area contributed by atoms with Crippen molar-refractivity contribution in [2.24, 2.45) is 0 Å². The monoisotopic (exact) mass is 264 g/mol. The van der Waals surface area contributed by atoms with E-state index in [-0.39, 0.29) is 5.91 Å². The molecule has 1 amide bonds. The Morgan fingerprint density at radius 2 is 2.16 bits per heavy atom. The zero-order chi connectivity index (χ0) is 14.0. The molecule has 0 spiro atoms. The lowest BCUT2D eigenvalue weighted by Gasteiger charge is -2.16. The van der Waals surface area contributed by atoms with Gasteiger partial charge in [0, 0.05) is 30.9 Å². The Morgan fingerprint density at radius 1 is 1.47 bits per heavy atom. The molecule has 0 unspecified atom stereocenters. The molecule has 0 atom stereocenters. The van der Waals surface area contributed by atoms with Crippen molar-refractivity contribution in [3.05, 3.63) is 17.0 Å². The number of amides is 1. The molecule has 5 nitrogen and oxygen atoms in total. The molecule has 1 aliphatic carbocycles. The van der Waals surface area contributed by atoms with E-state index >= 15 is 0 Å². The third-order valence-electron chi connectivity index (χ3n) is 3.86. The van der Waals surface area contributed by atoms with Crippen LogP contribution in [0.15, 0.2) is 0 Å². The first-order valence-corrected chi connectivity index (χ1v) is 7.03. The van der Waals surface area contributed by atoms with E-state index in [9.17, 15) is 4.79 Å². The lowest BCUT2D eigenvalue weighted by Crippen LogP contribution is -2.32. The molecule has 1 N–H and O–H groups in total. The number of rotatable bonds is 6. The Balaban J connectivity index is 2.05. The van der Waals surface area contributed by atoms with Gasteiger partial charge in [-0.1, -0.05) is 6.92 Å². The third kappa shape index (κ3) is 3.15. The average molecular weight is 264 g/mol. The first-order valence-electron chi connectivity index (χ1n) is 7.03. The van der Waals surface area contributed by atoms with Crippen LogP contribution in [0.25, 0.3) is 0 Å². The molecule has 2 rings (SSSR count). The fourth-order valence-corrected chi connectivity index (χ4v) is 2.30. The van der Waals surface area contributed by atoms with Crippen molar-refractivity contribution in [3.63, 3.8) is 0 Å². The Labute approximate surface area is 115 Å². The summed E-state index contributed by atoms with van der Waals surface area (Å²) in [5.74, 6) is 0.156. The van der Waals surface area contributed by atoms with Crippen LogP contribution in [-0.4, -0.2) is 40.2 Å². The number of nitrogens with zero attached hydrogens (tertiary/aromatic N) is 3. The molecule has 0 aliphatic heterocycles. The molecule has 1 fully saturated rings. The number of likely N-dealkylation sites (N-methyl/N-ethyl adjacent to an activating group) is 1. The maximum atomic E-state index is 12.1. The summed E-state index contributed by atoms with van der Waals surface area (Å²) >= 11 is 0. The Hall–Kier alpha value is -1.36. The number of hydrogen-bond donors (Lipinski definition) is 1. The van der Waals surface area contributed by atoms with E-state index in [1.165, 1.54) is 5.56 Å². The van der Waals surface area contributed by atoms with Gasteiger partial charge in [0.05, 0.1) is 5.69 Å². The maximum Gasteiger partial charge on any atom is 0.244 e. The van der Waals surface area contributed by atoms with E-state index < -0.39 is 0 Å². The predicted molar refractivity (Wildman–Crippen MR) is 74.9 cm³/mol. The molecule has 0 bridgehead atoms. The summed E-state index contributed by atoms with van der Waals surface area (Å²) in [7, 11) is 1.89. The largest absolute Gasteiger partial charge is 0.341 e. The van der Waals surface area contributed by atoms with E-state index in [0.717, 1.165) is 37.3 Å². The van der Waals surface area contributed by atoms with Crippen LogP contribution in [0.2, 0.25) is 0 Å². The molecule has 0 saturated heterocycles. The molecular formula is C14H24N4O. The number of aryl methyl sites for hydroxylation is 1. The summed E-state index contributed by atoms with van der Waals surface area (Å²) < 4.78 is 1.84. The molecule has 106 valence electrons. The lowest BCUT2D eigenvalue weighted by atomic mass is 10.2. The Bertz CT molecular complexity index is 462. The summed E-state index contributed by atoms with van der Waals surface area (Å²) in [6.07, 6.45) is 2.29. The second-order valence-electron chi connectivity index (χ2n) is 5.32. The van der Waals surface area contributed by atoms with Gasteiger partial charge in [0.1, 0.15) is 6.54 Å². The van der Waals surface area contributed by atoms with Gasteiger partial charge in [-0.2, -0.15) is 5.10 Å². The van der Waals surface area contributed by atoms with Gasteiger partial charge >= 0.3 is 0 Å². The van der Waals surface area contributed by atoms with Gasteiger partial charge in [-0.05, 0) is 33.2 Å². The number of hydrogen-bond acceptors (Lipinski definition) is 3. The number of carbonyl (C=O) groups excluding carboxylic acids is 1. The summed E-state index contributed by atoms with van der Waals surface area (Å²) in [4.78, 5) is 14.0. The van der Waals surface area contributed by atoms with Gasteiger partial charge in [0.15, 0.2) is 0 Å². The van der Waals surface area contributed by atoms with Crippen molar-refractivity contribution < 1.29 is 4.79 Å². The molecular weight excluding hydrogens is 240 g/mol. The van der Waals surface area contributed by atoms with Crippen LogP contribution in [0.1, 0.15) is 36.7 Å². The van der Waals surface area contributed by atoms with Gasteiger partial charge in [0.25, 0.3) is 0 Å². The van der Waals surface area contributed by atoms with Gasteiger partial charge in [-0.25, -0.2) is 0 Å². The fraction of sp³-hybridized carbons (Fsp3) is 0.714. The standard InChI is InChI=1S/C14H24N4O/c1-5-15-8-13-10(2)16-18(11(13)3)9-14(19)17(4)12-6-7-12/h12,15H,5-9H2,1-4H3. The van der Waals surface area contributed by atoms with Crippen molar-refractivity contribution in [2.75, 3.05) is 13.6 Å². The lowest BCUT2D eigenvalue weighted by molar-refractivity contribution is -0.131. The number of carbonyl (C=O) groups is 1. The van der Waals surface area contributed by atoms with Crippen LogP contribution >= 0.6 is 0 Å². The smallest absolute Gasteiger partial charge is 0.244 e. The normalized spacial score (nSPS) is 14.7. The fourth-order valence-electron chi connectivity index (χ4n) is 2.30. The van der Waals surface area contributed by atoms with Gasteiger partial charge in [0.2, 0.25) is 5.91 Å². The summed E-state index contributed by atoms with van der Waals surface area (Å²) in [5.41, 5.74) is 3.32. The zero-order valence-electron chi connectivity index (χ0n) is 12.4. The average Bonchev–Trinajstić information content (AvgIpc) is 3.17. The molecule has 0 radical (unpaired) electrons. The van der Waals surface area contributed by atoms with E-state index in [1.54, 1.807) is 0 Å². The highest BCUT2D eigenvalue weighted by molar-refractivity contribution is 5.76. The molecule has 1 aromatic heterocycles. The van der Waals surface area contributed by atoms with Crippen molar-refractivity contribution in [1.29, 1.82) is 0 Å². The number of nitrogens with one attached hydrogen (secondary N) is 1. The van der Waals surface area contributed by atoms with Gasteiger partial charge < -0.3 is 10.2 Å². The minimum absolute atomic E-state index is 0.156. The van der Waals surface area contributed by atoms with Gasteiger partial charge in [-0.15, -0.1) is 0 Å². The van der Waals surface area contributed by atoms with E-state index in [2.05, 4.69) is 17.3 Å². The first kappa shape index (κ1) is 14.1. The van der Waals surface area contributed by atoms with Crippen molar-refractivity contribution in [3.8, 4) is 0 Å². The maximum absolute atomic E-state index is 12.1. The van der Waals surface area contributed by atoms with Crippen molar-refractivity contribution in [2.45, 2.75) is 52.7 Å². The zero-order valence-corrected chi connectivity index (χ0v) is 12.4. The topological polar surface area (TPSA) is 50.2 Å². The van der Waals surface area contributed by atoms with Crippen LogP contribution in [0.4, 0.5) is 0 Å². The Kier molecular flexibility index (Phi) is 4.24. The molecule has 1 heterocycles. The minimum Gasteiger partial charge on any atom is -0.341 e. The highest BCUT2D eigenvalue weighted by atomic mass is 16.2. The molecule has 1 aliphatic rings. The van der Waals surface area contributed by atoms with Gasteiger partial charge in [-0.3, -0.25) is 9.48 Å². The van der Waals surface area contributed by atoms with E-state index in [4.69, 9.17) is 0 Å². The van der Waals surface area contributed by atoms with Crippen LogP contribution in [0.5, 0.6) is 0 Å². The second kappa shape index (κ2) is 5.74. The summed E-state index contributed by atoms with van der Waals surface area (Å²) in [6, 6.07) is 0.464. The SMILES string of the molecule is CCNCc1c(C)nn(CC(=O)N(C)C2CC2)c1C. The molecule has 1 aromatic rings. The van der Waals surface area contributed by atoms with E-state index in [0.29, 0.717) is 12.6 Å². The molecule has 19 heavy (non-hydrogen) atoms. The molecule has 1 saturated carbocycles. The highest BCUT2D eigenvalue weighted by Crippen LogP contribution is 2.25. The quantitative estimate of drug-likeness (QED) is 0.841. The van der Waals surface area contributed by atoms with Crippen LogP contribution in [0, 0.1) is 13.8 Å². The highest BCUT2D eigenvalue weighted by Gasteiger charge is 2.29.